The topological polar surface area (TPSA) is 103 Å². The molecule has 1 aromatic rings. The summed E-state index contributed by atoms with van der Waals surface area (Å²) in [7, 11) is 0. The number of ketones is 1. The zero-order chi connectivity index (χ0) is 14.0. The van der Waals surface area contributed by atoms with Gasteiger partial charge in [-0.3, -0.25) is 25.0 Å². The van der Waals surface area contributed by atoms with Crippen molar-refractivity contribution in [3.8, 4) is 0 Å². The average molecular weight is 264 g/mol. The molecule has 1 aliphatic rings. The molecule has 0 aliphatic heterocycles. The zero-order valence-electron chi connectivity index (χ0n) is 10.1. The van der Waals surface area contributed by atoms with Crippen molar-refractivity contribution >= 4 is 17.2 Å². The van der Waals surface area contributed by atoms with Gasteiger partial charge in [-0.05, 0) is 18.9 Å². The Labute approximate surface area is 108 Å². The molecule has 19 heavy (non-hydrogen) atoms. The van der Waals surface area contributed by atoms with Crippen molar-refractivity contribution in [2.75, 3.05) is 0 Å². The smallest absolute Gasteiger partial charge is 0.280 e. The van der Waals surface area contributed by atoms with E-state index in [9.17, 15) is 25.0 Å². The van der Waals surface area contributed by atoms with Crippen LogP contribution in [0.4, 0.5) is 11.4 Å². The third-order valence-electron chi connectivity index (χ3n) is 3.35. The van der Waals surface area contributed by atoms with E-state index in [2.05, 4.69) is 0 Å². The van der Waals surface area contributed by atoms with Crippen molar-refractivity contribution in [3.05, 3.63) is 44.0 Å². The Kier molecular flexibility index (Phi) is 3.55. The zero-order valence-corrected chi connectivity index (χ0v) is 10.1. The van der Waals surface area contributed by atoms with Gasteiger partial charge in [0.25, 0.3) is 11.4 Å². The minimum Gasteiger partial charge on any atom is -0.299 e. The lowest BCUT2D eigenvalue weighted by Crippen LogP contribution is -2.18. The molecule has 1 aliphatic carbocycles. The van der Waals surface area contributed by atoms with E-state index in [1.807, 2.05) is 0 Å². The van der Waals surface area contributed by atoms with Gasteiger partial charge in [0.1, 0.15) is 5.78 Å². The number of carbonyl (C=O) groups excluding carboxylic acids is 1. The second kappa shape index (κ2) is 5.13. The molecule has 0 radical (unpaired) electrons. The Hall–Kier alpha value is -2.31. The summed E-state index contributed by atoms with van der Waals surface area (Å²) in [5, 5.41) is 21.7. The summed E-state index contributed by atoms with van der Waals surface area (Å²) in [4.78, 5) is 32.1. The summed E-state index contributed by atoms with van der Waals surface area (Å²) < 4.78 is 0. The summed E-state index contributed by atoms with van der Waals surface area (Å²) in [5.41, 5.74) is -0.381. The van der Waals surface area contributed by atoms with Crippen molar-refractivity contribution in [2.24, 2.45) is 0 Å². The highest BCUT2D eigenvalue weighted by atomic mass is 16.6. The molecule has 1 aromatic carbocycles. The van der Waals surface area contributed by atoms with Gasteiger partial charge in [-0.15, -0.1) is 0 Å². The minimum atomic E-state index is -0.681. The lowest BCUT2D eigenvalue weighted by Gasteiger charge is -2.20. The van der Waals surface area contributed by atoms with E-state index in [1.54, 1.807) is 0 Å². The van der Waals surface area contributed by atoms with Crippen LogP contribution in [0.5, 0.6) is 0 Å². The summed E-state index contributed by atoms with van der Waals surface area (Å²) >= 11 is 0. The van der Waals surface area contributed by atoms with Crippen molar-refractivity contribution in [3.63, 3.8) is 0 Å². The molecule has 0 aromatic heterocycles. The quantitative estimate of drug-likeness (QED) is 0.616. The number of benzene rings is 1. The molecule has 0 saturated heterocycles. The van der Waals surface area contributed by atoms with Crippen molar-refractivity contribution in [1.82, 2.24) is 0 Å². The van der Waals surface area contributed by atoms with Gasteiger partial charge in [0.15, 0.2) is 0 Å². The Balaban J connectivity index is 2.47. The van der Waals surface area contributed by atoms with Crippen LogP contribution in [-0.4, -0.2) is 15.6 Å². The van der Waals surface area contributed by atoms with E-state index >= 15 is 0 Å². The van der Waals surface area contributed by atoms with Gasteiger partial charge in [-0.2, -0.15) is 0 Å². The fraction of sp³-hybridized carbons (Fsp3) is 0.417. The molecule has 0 spiro atoms. The summed E-state index contributed by atoms with van der Waals surface area (Å²) in [6, 6.07) is 3.48. The average Bonchev–Trinajstić information content (AvgIpc) is 2.38. The summed E-state index contributed by atoms with van der Waals surface area (Å²) in [6.45, 7) is 0. The van der Waals surface area contributed by atoms with E-state index in [0.717, 1.165) is 18.9 Å². The fourth-order valence-electron chi connectivity index (χ4n) is 2.41. The number of nitrogens with zero attached hydrogens (tertiary/aromatic N) is 2. The SMILES string of the molecule is O=C1CCCCC1c1ccc([N+](=O)[O-])cc1[N+](=O)[O-]. The van der Waals surface area contributed by atoms with Gasteiger partial charge in [0.2, 0.25) is 0 Å². The van der Waals surface area contributed by atoms with Crippen LogP contribution >= 0.6 is 0 Å². The fourth-order valence-corrected chi connectivity index (χ4v) is 2.41. The molecule has 0 amide bonds. The normalized spacial score (nSPS) is 19.2. The Bertz CT molecular complexity index is 555. The van der Waals surface area contributed by atoms with E-state index < -0.39 is 15.8 Å². The maximum Gasteiger partial charge on any atom is 0.280 e. The molecular weight excluding hydrogens is 252 g/mol. The van der Waals surface area contributed by atoms with Crippen LogP contribution in [0.2, 0.25) is 0 Å². The van der Waals surface area contributed by atoms with Crippen molar-refractivity contribution in [1.29, 1.82) is 0 Å². The number of non-ortho nitro benzene ring substituents is 1. The van der Waals surface area contributed by atoms with E-state index in [-0.39, 0.29) is 17.2 Å². The molecule has 1 unspecified atom stereocenters. The van der Waals surface area contributed by atoms with Crippen molar-refractivity contribution < 1.29 is 14.6 Å². The first-order chi connectivity index (χ1) is 9.00. The standard InChI is InChI=1S/C12H12N2O5/c15-12-4-2-1-3-10(12)9-6-5-8(13(16)17)7-11(9)14(18)19/h5-7,10H,1-4H2. The number of carbonyl (C=O) groups is 1. The van der Waals surface area contributed by atoms with E-state index in [0.29, 0.717) is 18.4 Å². The molecule has 2 rings (SSSR count). The second-order valence-corrected chi connectivity index (χ2v) is 4.52. The van der Waals surface area contributed by atoms with Gasteiger partial charge in [0.05, 0.1) is 15.9 Å². The highest BCUT2D eigenvalue weighted by Gasteiger charge is 2.31. The first kappa shape index (κ1) is 13.1. The molecular formula is C12H12N2O5. The molecule has 0 bridgehead atoms. The number of hydrogen-bond acceptors (Lipinski definition) is 5. The maximum absolute atomic E-state index is 11.8. The molecule has 7 heteroatoms. The number of nitro benzene ring substituents is 2. The largest absolute Gasteiger partial charge is 0.299 e. The Morgan fingerprint density at radius 1 is 1.11 bits per heavy atom. The van der Waals surface area contributed by atoms with Crippen LogP contribution in [0.3, 0.4) is 0 Å². The molecule has 1 saturated carbocycles. The molecule has 7 nitrogen and oxygen atoms in total. The first-order valence-electron chi connectivity index (χ1n) is 5.96. The molecule has 1 fully saturated rings. The van der Waals surface area contributed by atoms with Crippen LogP contribution in [0.25, 0.3) is 0 Å². The number of hydrogen-bond donors (Lipinski definition) is 0. The van der Waals surface area contributed by atoms with Crippen LogP contribution in [0.1, 0.15) is 37.2 Å². The van der Waals surface area contributed by atoms with E-state index in [1.165, 1.54) is 12.1 Å². The third kappa shape index (κ3) is 2.59. The number of nitro groups is 2. The lowest BCUT2D eigenvalue weighted by atomic mass is 9.82. The monoisotopic (exact) mass is 264 g/mol. The highest BCUT2D eigenvalue weighted by molar-refractivity contribution is 5.87. The molecule has 100 valence electrons. The van der Waals surface area contributed by atoms with Gasteiger partial charge in [-0.25, -0.2) is 0 Å². The van der Waals surface area contributed by atoms with Gasteiger partial charge >= 0.3 is 0 Å². The van der Waals surface area contributed by atoms with Gasteiger partial charge in [-0.1, -0.05) is 6.42 Å². The van der Waals surface area contributed by atoms with Crippen molar-refractivity contribution in [2.45, 2.75) is 31.6 Å². The van der Waals surface area contributed by atoms with Crippen LogP contribution in [0, 0.1) is 20.2 Å². The second-order valence-electron chi connectivity index (χ2n) is 4.52. The summed E-state index contributed by atoms with van der Waals surface area (Å²) in [6.07, 6.45) is 2.62. The summed E-state index contributed by atoms with van der Waals surface area (Å²) in [5.74, 6) is -0.529. The van der Waals surface area contributed by atoms with Crippen LogP contribution in [0.15, 0.2) is 18.2 Å². The number of rotatable bonds is 3. The van der Waals surface area contributed by atoms with Crippen LogP contribution in [-0.2, 0) is 4.79 Å². The Morgan fingerprint density at radius 2 is 1.84 bits per heavy atom. The minimum absolute atomic E-state index is 0.0248. The van der Waals surface area contributed by atoms with Crippen LogP contribution < -0.4 is 0 Å². The molecule has 0 N–H and O–H groups in total. The predicted molar refractivity (Wildman–Crippen MR) is 66.0 cm³/mol. The third-order valence-corrected chi connectivity index (χ3v) is 3.35. The Morgan fingerprint density at radius 3 is 2.42 bits per heavy atom. The molecule has 0 heterocycles. The lowest BCUT2D eigenvalue weighted by molar-refractivity contribution is -0.394. The van der Waals surface area contributed by atoms with Gasteiger partial charge in [0, 0.05) is 24.0 Å². The molecule has 1 atom stereocenters. The number of Topliss-reactive ketones (excluding diaryl/α,β-unsaturated/α-hetero) is 1. The highest BCUT2D eigenvalue weighted by Crippen LogP contribution is 2.36. The first-order valence-corrected chi connectivity index (χ1v) is 5.96. The van der Waals surface area contributed by atoms with E-state index in [4.69, 9.17) is 0 Å². The van der Waals surface area contributed by atoms with Gasteiger partial charge < -0.3 is 0 Å². The maximum atomic E-state index is 11.8. The predicted octanol–water partition coefficient (Wildman–Crippen LogP) is 2.73.